The van der Waals surface area contributed by atoms with Gasteiger partial charge in [0.2, 0.25) is 0 Å². The standard InChI is InChI=1S/C16H20N4O5/c1-16(2)24-11-9(23-13(12(11)25-16)15(21)20(3)4)7-5-22-10-8(7)18-6-19-14(10)17/h5-6,9,11-13H,1-4H3,(H2,17,18,19)/t9-,11-,12-,13-/m0/s1. The van der Waals surface area contributed by atoms with Gasteiger partial charge in [-0.1, -0.05) is 0 Å². The number of ether oxygens (including phenoxy) is 3. The number of nitrogen functional groups attached to an aromatic ring is 1. The van der Waals surface area contributed by atoms with Crippen LogP contribution in [0.5, 0.6) is 0 Å². The van der Waals surface area contributed by atoms with Gasteiger partial charge in [-0.3, -0.25) is 4.79 Å². The maximum Gasteiger partial charge on any atom is 0.254 e. The molecule has 2 saturated heterocycles. The lowest BCUT2D eigenvalue weighted by molar-refractivity contribution is -0.191. The summed E-state index contributed by atoms with van der Waals surface area (Å²) in [6.07, 6.45) is 0.586. The van der Waals surface area contributed by atoms with Crippen LogP contribution in [0, 0.1) is 0 Å². The molecule has 4 atom stereocenters. The van der Waals surface area contributed by atoms with Crippen molar-refractivity contribution in [3.8, 4) is 0 Å². The second-order valence-electron chi connectivity index (χ2n) is 6.90. The maximum absolute atomic E-state index is 12.5. The van der Waals surface area contributed by atoms with Gasteiger partial charge in [0, 0.05) is 19.7 Å². The van der Waals surface area contributed by atoms with Crippen LogP contribution in [-0.2, 0) is 19.0 Å². The van der Waals surface area contributed by atoms with Crippen molar-refractivity contribution in [1.82, 2.24) is 14.9 Å². The molecule has 2 fully saturated rings. The van der Waals surface area contributed by atoms with Crippen LogP contribution in [0.4, 0.5) is 5.82 Å². The molecule has 0 unspecified atom stereocenters. The van der Waals surface area contributed by atoms with E-state index in [2.05, 4.69) is 9.97 Å². The van der Waals surface area contributed by atoms with Crippen LogP contribution < -0.4 is 5.73 Å². The van der Waals surface area contributed by atoms with E-state index in [0.717, 1.165) is 0 Å². The predicted octanol–water partition coefficient (Wildman–Crippen LogP) is 0.853. The Kier molecular flexibility index (Phi) is 3.50. The lowest BCUT2D eigenvalue weighted by Gasteiger charge is -2.24. The van der Waals surface area contributed by atoms with Crippen molar-refractivity contribution in [2.24, 2.45) is 0 Å². The average molecular weight is 348 g/mol. The molecule has 0 saturated carbocycles. The summed E-state index contributed by atoms with van der Waals surface area (Å²) in [6, 6.07) is 0. The Hall–Kier alpha value is -2.23. The first-order valence-electron chi connectivity index (χ1n) is 7.98. The first kappa shape index (κ1) is 16.2. The van der Waals surface area contributed by atoms with Crippen molar-refractivity contribution < 1.29 is 23.4 Å². The summed E-state index contributed by atoms with van der Waals surface area (Å²) in [5.74, 6) is -0.744. The molecular formula is C16H20N4O5. The quantitative estimate of drug-likeness (QED) is 0.850. The van der Waals surface area contributed by atoms with E-state index in [1.54, 1.807) is 14.1 Å². The highest BCUT2D eigenvalue weighted by molar-refractivity contribution is 5.85. The Morgan fingerprint density at radius 2 is 1.96 bits per heavy atom. The Morgan fingerprint density at radius 1 is 1.24 bits per heavy atom. The van der Waals surface area contributed by atoms with Gasteiger partial charge in [0.05, 0.1) is 6.26 Å². The number of anilines is 1. The third kappa shape index (κ3) is 2.46. The van der Waals surface area contributed by atoms with Crippen LogP contribution in [0.25, 0.3) is 11.1 Å². The first-order valence-corrected chi connectivity index (χ1v) is 7.98. The number of likely N-dealkylation sites (N-methyl/N-ethyl adjacent to an activating group) is 1. The van der Waals surface area contributed by atoms with Crippen LogP contribution >= 0.6 is 0 Å². The van der Waals surface area contributed by atoms with Crippen LogP contribution in [0.2, 0.25) is 0 Å². The van der Waals surface area contributed by atoms with E-state index in [1.165, 1.54) is 17.5 Å². The summed E-state index contributed by atoms with van der Waals surface area (Å²) in [7, 11) is 3.35. The van der Waals surface area contributed by atoms with Gasteiger partial charge in [-0.2, -0.15) is 0 Å². The first-order chi connectivity index (χ1) is 11.8. The molecular weight excluding hydrogens is 328 g/mol. The average Bonchev–Trinajstić information content (AvgIpc) is 3.17. The molecule has 4 rings (SSSR count). The van der Waals surface area contributed by atoms with E-state index in [4.69, 9.17) is 24.4 Å². The molecule has 0 radical (unpaired) electrons. The van der Waals surface area contributed by atoms with Gasteiger partial charge in [-0.25, -0.2) is 9.97 Å². The third-order valence-corrected chi connectivity index (χ3v) is 4.45. The summed E-state index contributed by atoms with van der Waals surface area (Å²) in [6.45, 7) is 3.63. The van der Waals surface area contributed by atoms with Crippen molar-refractivity contribution in [2.45, 2.75) is 44.1 Å². The molecule has 25 heavy (non-hydrogen) atoms. The molecule has 4 heterocycles. The van der Waals surface area contributed by atoms with Crippen LogP contribution in [-0.4, -0.2) is 59.0 Å². The molecule has 0 bridgehead atoms. The second-order valence-corrected chi connectivity index (χ2v) is 6.90. The smallest absolute Gasteiger partial charge is 0.254 e. The molecule has 1 amide bonds. The van der Waals surface area contributed by atoms with E-state index in [0.29, 0.717) is 16.7 Å². The number of aromatic nitrogens is 2. The highest BCUT2D eigenvalue weighted by Crippen LogP contribution is 2.47. The number of amides is 1. The Bertz CT molecular complexity index is 833. The third-order valence-electron chi connectivity index (χ3n) is 4.45. The minimum atomic E-state index is -0.810. The van der Waals surface area contributed by atoms with Gasteiger partial charge >= 0.3 is 0 Å². The highest BCUT2D eigenvalue weighted by atomic mass is 16.8. The molecule has 2 aliphatic heterocycles. The molecule has 0 aliphatic carbocycles. The van der Waals surface area contributed by atoms with Gasteiger partial charge < -0.3 is 29.3 Å². The lowest BCUT2D eigenvalue weighted by atomic mass is 10.0. The zero-order chi connectivity index (χ0) is 17.9. The van der Waals surface area contributed by atoms with Crippen molar-refractivity contribution >= 4 is 22.8 Å². The van der Waals surface area contributed by atoms with Gasteiger partial charge in [-0.15, -0.1) is 0 Å². The Labute approximate surface area is 144 Å². The molecule has 2 N–H and O–H groups in total. The monoisotopic (exact) mass is 348 g/mol. The lowest BCUT2D eigenvalue weighted by Crippen LogP contribution is -2.42. The SMILES string of the molecule is CN(C)C(=O)[C@H]1O[C@@H](c2coc3c(N)ncnc23)[C@@H]2OC(C)(C)O[C@@H]21. The summed E-state index contributed by atoms with van der Waals surface area (Å²) in [5.41, 5.74) is 7.42. The molecule has 2 aromatic rings. The van der Waals surface area contributed by atoms with E-state index in [1.807, 2.05) is 13.8 Å². The van der Waals surface area contributed by atoms with Crippen LogP contribution in [0.3, 0.4) is 0 Å². The maximum atomic E-state index is 12.5. The molecule has 2 aromatic heterocycles. The minimum Gasteiger partial charge on any atom is -0.458 e. The summed E-state index contributed by atoms with van der Waals surface area (Å²) in [5, 5.41) is 0. The topological polar surface area (TPSA) is 113 Å². The summed E-state index contributed by atoms with van der Waals surface area (Å²) in [4.78, 5) is 22.2. The van der Waals surface area contributed by atoms with Gasteiger partial charge in [-0.05, 0) is 13.8 Å². The van der Waals surface area contributed by atoms with Gasteiger partial charge in [0.1, 0.15) is 30.2 Å². The minimum absolute atomic E-state index is 0.180. The molecule has 9 heteroatoms. The number of furan rings is 1. The normalized spacial score (nSPS) is 30.6. The van der Waals surface area contributed by atoms with Gasteiger partial charge in [0.25, 0.3) is 5.91 Å². The Balaban J connectivity index is 1.76. The number of hydrogen-bond donors (Lipinski definition) is 1. The van der Waals surface area contributed by atoms with E-state index >= 15 is 0 Å². The Morgan fingerprint density at radius 3 is 2.68 bits per heavy atom. The molecule has 0 spiro atoms. The predicted molar refractivity (Wildman–Crippen MR) is 86.3 cm³/mol. The van der Waals surface area contributed by atoms with Crippen molar-refractivity contribution in [3.05, 3.63) is 18.2 Å². The fourth-order valence-corrected chi connectivity index (χ4v) is 3.39. The number of nitrogens with two attached hydrogens (primary N) is 1. The molecule has 134 valence electrons. The number of rotatable bonds is 2. The zero-order valence-electron chi connectivity index (χ0n) is 14.4. The number of nitrogens with zero attached hydrogens (tertiary/aromatic N) is 3. The summed E-state index contributed by atoms with van der Waals surface area (Å²) >= 11 is 0. The number of fused-ring (bicyclic) bond motifs is 2. The number of carbonyl (C=O) groups is 1. The number of hydrogen-bond acceptors (Lipinski definition) is 8. The van der Waals surface area contributed by atoms with E-state index in [9.17, 15) is 4.79 Å². The van der Waals surface area contributed by atoms with E-state index < -0.39 is 30.2 Å². The van der Waals surface area contributed by atoms with Crippen molar-refractivity contribution in [2.75, 3.05) is 19.8 Å². The molecule has 2 aliphatic rings. The van der Waals surface area contributed by atoms with Gasteiger partial charge in [0.15, 0.2) is 23.3 Å². The molecule has 9 nitrogen and oxygen atoms in total. The van der Waals surface area contributed by atoms with Crippen molar-refractivity contribution in [3.63, 3.8) is 0 Å². The fourth-order valence-electron chi connectivity index (χ4n) is 3.39. The second kappa shape index (κ2) is 5.38. The van der Waals surface area contributed by atoms with Crippen molar-refractivity contribution in [1.29, 1.82) is 0 Å². The fraction of sp³-hybridized carbons (Fsp3) is 0.562. The molecule has 0 aromatic carbocycles. The van der Waals surface area contributed by atoms with Crippen LogP contribution in [0.15, 0.2) is 17.0 Å². The van der Waals surface area contributed by atoms with E-state index in [-0.39, 0.29) is 11.7 Å². The highest BCUT2D eigenvalue weighted by Gasteiger charge is 2.58. The van der Waals surface area contributed by atoms with Crippen LogP contribution in [0.1, 0.15) is 25.5 Å². The largest absolute Gasteiger partial charge is 0.458 e. The summed E-state index contributed by atoms with van der Waals surface area (Å²) < 4.78 is 23.5. The number of carbonyl (C=O) groups excluding carboxylic acids is 1. The zero-order valence-corrected chi connectivity index (χ0v) is 14.4.